The summed E-state index contributed by atoms with van der Waals surface area (Å²) >= 11 is 0. The van der Waals surface area contributed by atoms with Crippen LogP contribution < -0.4 is 5.32 Å². The first-order chi connectivity index (χ1) is 9.42. The highest BCUT2D eigenvalue weighted by Gasteiger charge is 2.41. The van der Waals surface area contributed by atoms with Crippen molar-refractivity contribution in [1.29, 1.82) is 0 Å². The fraction of sp³-hybridized carbons (Fsp3) is 0.538. The van der Waals surface area contributed by atoms with E-state index < -0.39 is 31.7 Å². The van der Waals surface area contributed by atoms with Crippen LogP contribution in [0.25, 0.3) is 0 Å². The highest BCUT2D eigenvalue weighted by atomic mass is 19.3. The van der Waals surface area contributed by atoms with Crippen molar-refractivity contribution in [3.8, 4) is 0 Å². The molecule has 0 spiro atoms. The molecule has 1 aromatic rings. The van der Waals surface area contributed by atoms with Gasteiger partial charge in [0.05, 0.1) is 12.7 Å². The number of alkyl halides is 4. The molecule has 0 saturated heterocycles. The molecule has 0 fully saturated rings. The molecule has 1 atom stereocenters. The number of nitrogens with one attached hydrogen (secondary N) is 1. The molecule has 0 radical (unpaired) electrons. The summed E-state index contributed by atoms with van der Waals surface area (Å²) in [5, 5.41) is 12.3. The Hall–Kier alpha value is -1.18. The predicted octanol–water partition coefficient (Wildman–Crippen LogP) is 2.05. The molecule has 0 aliphatic carbocycles. The maximum atomic E-state index is 12.5. The zero-order valence-corrected chi connectivity index (χ0v) is 10.7. The highest BCUT2D eigenvalue weighted by Crippen LogP contribution is 2.22. The standard InChI is InChI=1S/C13H17F4NO2/c14-12(15)13(16,17)9-20-8-11(19)7-18-6-10-4-2-1-3-5-10/h1-5,11-12,18-19H,6-9H2/t11-/m1/s1. The van der Waals surface area contributed by atoms with Gasteiger partial charge in [-0.3, -0.25) is 0 Å². The van der Waals surface area contributed by atoms with Crippen molar-refractivity contribution in [3.63, 3.8) is 0 Å². The third kappa shape index (κ3) is 6.31. The van der Waals surface area contributed by atoms with Crippen LogP contribution in [0, 0.1) is 0 Å². The van der Waals surface area contributed by atoms with Crippen LogP contribution in [0.15, 0.2) is 30.3 Å². The van der Waals surface area contributed by atoms with E-state index >= 15 is 0 Å². The Kier molecular flexibility index (Phi) is 6.90. The molecule has 0 saturated carbocycles. The van der Waals surface area contributed by atoms with E-state index in [1.165, 1.54) is 0 Å². The normalized spacial score (nSPS) is 13.7. The highest BCUT2D eigenvalue weighted by molar-refractivity contribution is 5.14. The molecule has 0 aliphatic heterocycles. The van der Waals surface area contributed by atoms with Gasteiger partial charge in [0, 0.05) is 13.1 Å². The number of hydrogen-bond acceptors (Lipinski definition) is 3. The summed E-state index contributed by atoms with van der Waals surface area (Å²) in [4.78, 5) is 0. The minimum Gasteiger partial charge on any atom is -0.389 e. The lowest BCUT2D eigenvalue weighted by atomic mass is 10.2. The van der Waals surface area contributed by atoms with Crippen molar-refractivity contribution in [2.75, 3.05) is 19.8 Å². The topological polar surface area (TPSA) is 41.5 Å². The van der Waals surface area contributed by atoms with E-state index in [-0.39, 0.29) is 6.54 Å². The molecule has 3 nitrogen and oxygen atoms in total. The van der Waals surface area contributed by atoms with Crippen molar-refractivity contribution >= 4 is 0 Å². The van der Waals surface area contributed by atoms with Gasteiger partial charge in [-0.05, 0) is 5.56 Å². The van der Waals surface area contributed by atoms with Crippen molar-refractivity contribution in [2.45, 2.75) is 25.0 Å². The third-order valence-electron chi connectivity index (χ3n) is 2.48. The number of rotatable bonds is 9. The van der Waals surface area contributed by atoms with Crippen LogP contribution in [0.5, 0.6) is 0 Å². The van der Waals surface area contributed by atoms with E-state index in [1.54, 1.807) is 0 Å². The molecule has 7 heteroatoms. The lowest BCUT2D eigenvalue weighted by Gasteiger charge is -2.17. The van der Waals surface area contributed by atoms with Crippen LogP contribution in [-0.2, 0) is 11.3 Å². The van der Waals surface area contributed by atoms with Crippen molar-refractivity contribution in [3.05, 3.63) is 35.9 Å². The molecule has 0 aliphatic rings. The summed E-state index contributed by atoms with van der Waals surface area (Å²) in [5.74, 6) is -4.18. The van der Waals surface area contributed by atoms with Gasteiger partial charge in [0.1, 0.15) is 6.61 Å². The molecular formula is C13H17F4NO2. The third-order valence-corrected chi connectivity index (χ3v) is 2.48. The molecule has 1 rings (SSSR count). The lowest BCUT2D eigenvalue weighted by molar-refractivity contribution is -0.170. The number of aliphatic hydroxyl groups excluding tert-OH is 1. The zero-order valence-electron chi connectivity index (χ0n) is 10.7. The number of benzene rings is 1. The van der Waals surface area contributed by atoms with E-state index in [1.807, 2.05) is 30.3 Å². The predicted molar refractivity (Wildman–Crippen MR) is 65.9 cm³/mol. The molecule has 0 amide bonds. The lowest BCUT2D eigenvalue weighted by Crippen LogP contribution is -2.36. The van der Waals surface area contributed by atoms with Crippen LogP contribution in [0.1, 0.15) is 5.56 Å². The Morgan fingerprint density at radius 1 is 1.20 bits per heavy atom. The van der Waals surface area contributed by atoms with E-state index in [4.69, 9.17) is 0 Å². The monoisotopic (exact) mass is 295 g/mol. The van der Waals surface area contributed by atoms with Gasteiger partial charge < -0.3 is 15.2 Å². The maximum absolute atomic E-state index is 12.5. The van der Waals surface area contributed by atoms with Crippen molar-refractivity contribution < 1.29 is 27.4 Å². The van der Waals surface area contributed by atoms with Gasteiger partial charge >= 0.3 is 12.3 Å². The van der Waals surface area contributed by atoms with Crippen LogP contribution in [0.3, 0.4) is 0 Å². The number of ether oxygens (including phenoxy) is 1. The molecule has 20 heavy (non-hydrogen) atoms. The first-order valence-electron chi connectivity index (χ1n) is 6.08. The van der Waals surface area contributed by atoms with Gasteiger partial charge in [0.25, 0.3) is 0 Å². The molecule has 1 aromatic carbocycles. The Balaban J connectivity index is 2.13. The summed E-state index contributed by atoms with van der Waals surface area (Å²) in [5.41, 5.74) is 1.00. The second-order valence-electron chi connectivity index (χ2n) is 4.35. The molecular weight excluding hydrogens is 278 g/mol. The maximum Gasteiger partial charge on any atom is 0.330 e. The van der Waals surface area contributed by atoms with Gasteiger partial charge in [0.15, 0.2) is 0 Å². The molecule has 0 aromatic heterocycles. The fourth-order valence-electron chi connectivity index (χ4n) is 1.43. The van der Waals surface area contributed by atoms with Gasteiger partial charge in [-0.2, -0.15) is 8.78 Å². The smallest absolute Gasteiger partial charge is 0.330 e. The van der Waals surface area contributed by atoms with E-state index in [2.05, 4.69) is 10.1 Å². The summed E-state index contributed by atoms with van der Waals surface area (Å²) in [6, 6.07) is 9.37. The molecule has 0 bridgehead atoms. The zero-order chi connectivity index (χ0) is 15.0. The summed E-state index contributed by atoms with van der Waals surface area (Å²) in [6.07, 6.45) is -4.80. The first-order valence-corrected chi connectivity index (χ1v) is 6.08. The Morgan fingerprint density at radius 3 is 2.45 bits per heavy atom. The minimum atomic E-state index is -4.18. The average molecular weight is 295 g/mol. The average Bonchev–Trinajstić information content (AvgIpc) is 2.39. The van der Waals surface area contributed by atoms with Crippen LogP contribution in [0.4, 0.5) is 17.6 Å². The number of hydrogen-bond donors (Lipinski definition) is 2. The van der Waals surface area contributed by atoms with Crippen molar-refractivity contribution in [1.82, 2.24) is 5.32 Å². The second-order valence-corrected chi connectivity index (χ2v) is 4.35. The molecule has 0 unspecified atom stereocenters. The fourth-order valence-corrected chi connectivity index (χ4v) is 1.43. The van der Waals surface area contributed by atoms with Crippen LogP contribution >= 0.6 is 0 Å². The summed E-state index contributed by atoms with van der Waals surface area (Å²) < 4.78 is 53.0. The summed E-state index contributed by atoms with van der Waals surface area (Å²) in [7, 11) is 0. The number of aliphatic hydroxyl groups is 1. The van der Waals surface area contributed by atoms with Gasteiger partial charge in [-0.25, -0.2) is 8.78 Å². The van der Waals surface area contributed by atoms with Gasteiger partial charge in [-0.15, -0.1) is 0 Å². The summed E-state index contributed by atoms with van der Waals surface area (Å²) in [6.45, 7) is -1.20. The van der Waals surface area contributed by atoms with E-state index in [9.17, 15) is 22.7 Å². The van der Waals surface area contributed by atoms with Crippen LogP contribution in [0.2, 0.25) is 0 Å². The van der Waals surface area contributed by atoms with Gasteiger partial charge in [0.2, 0.25) is 0 Å². The molecule has 114 valence electrons. The second kappa shape index (κ2) is 8.18. The molecule has 2 N–H and O–H groups in total. The number of halogens is 4. The minimum absolute atomic E-state index is 0.120. The van der Waals surface area contributed by atoms with E-state index in [0.29, 0.717) is 6.54 Å². The van der Waals surface area contributed by atoms with E-state index in [0.717, 1.165) is 5.56 Å². The van der Waals surface area contributed by atoms with Gasteiger partial charge in [-0.1, -0.05) is 30.3 Å². The molecule has 0 heterocycles. The largest absolute Gasteiger partial charge is 0.389 e. The Labute approximate surface area is 114 Å². The first kappa shape index (κ1) is 16.9. The quantitative estimate of drug-likeness (QED) is 0.685. The van der Waals surface area contributed by atoms with Crippen molar-refractivity contribution in [2.24, 2.45) is 0 Å². The Morgan fingerprint density at radius 2 is 1.85 bits per heavy atom. The SMILES string of the molecule is O[C@H](CNCc1ccccc1)COCC(F)(F)C(F)F. The van der Waals surface area contributed by atoms with Crippen LogP contribution in [-0.4, -0.2) is 43.3 Å². The Bertz CT molecular complexity index is 376.